The van der Waals surface area contributed by atoms with Crippen LogP contribution in [-0.2, 0) is 4.74 Å². The van der Waals surface area contributed by atoms with E-state index in [2.05, 4.69) is 4.90 Å². The Morgan fingerprint density at radius 1 is 1.25 bits per heavy atom. The average molecular weight is 335 g/mol. The maximum absolute atomic E-state index is 10.0. The molecule has 0 aromatic heterocycles. The third kappa shape index (κ3) is 3.68. The Morgan fingerprint density at radius 3 is 2.79 bits per heavy atom. The van der Waals surface area contributed by atoms with Crippen LogP contribution in [-0.4, -0.2) is 61.2 Å². The molecule has 5 nitrogen and oxygen atoms in total. The highest BCUT2D eigenvalue weighted by molar-refractivity contribution is 5.32. The summed E-state index contributed by atoms with van der Waals surface area (Å²) >= 11 is 0. The van der Waals surface area contributed by atoms with E-state index in [0.29, 0.717) is 19.3 Å². The van der Waals surface area contributed by atoms with E-state index in [1.807, 2.05) is 38.3 Å². The average Bonchev–Trinajstić information content (AvgIpc) is 2.94. The zero-order valence-corrected chi connectivity index (χ0v) is 14.7. The van der Waals surface area contributed by atoms with Gasteiger partial charge in [-0.05, 0) is 44.7 Å². The van der Waals surface area contributed by atoms with Crippen LogP contribution in [0.4, 0.5) is 0 Å². The maximum Gasteiger partial charge on any atom is 0.123 e. The molecule has 2 aliphatic rings. The molecule has 5 heteroatoms. The number of hydrogen-bond donors (Lipinski definition) is 1. The van der Waals surface area contributed by atoms with Crippen LogP contribution in [0.2, 0.25) is 0 Å². The number of aliphatic hydroxyl groups excluding tert-OH is 1. The Bertz CT molecular complexity index is 538. The summed E-state index contributed by atoms with van der Waals surface area (Å²) < 4.78 is 17.3. The van der Waals surface area contributed by atoms with Gasteiger partial charge in [-0.3, -0.25) is 4.90 Å². The van der Waals surface area contributed by atoms with Gasteiger partial charge in [0.15, 0.2) is 0 Å². The predicted molar refractivity (Wildman–Crippen MR) is 92.7 cm³/mol. The second-order valence-electron chi connectivity index (χ2n) is 6.76. The normalized spacial score (nSPS) is 30.1. The maximum atomic E-state index is 10.0. The van der Waals surface area contributed by atoms with E-state index in [4.69, 9.17) is 14.2 Å². The molecule has 0 bridgehead atoms. The molecule has 0 unspecified atom stereocenters. The standard InChI is InChI=1S/C19H29NO4/c1-3-23-16-5-4-6-17(14-16)24-12-11-20-10-9-19(22-2)8-7-15(21)13-18(19)20/h4-6,14-15,18,21H,3,7-13H2,1-2H3/t15-,18-,19+/m0/s1. The van der Waals surface area contributed by atoms with Crippen LogP contribution in [0.15, 0.2) is 24.3 Å². The van der Waals surface area contributed by atoms with Crippen molar-refractivity contribution < 1.29 is 19.3 Å². The molecule has 1 aromatic rings. The molecule has 1 saturated heterocycles. The molecule has 1 heterocycles. The quantitative estimate of drug-likeness (QED) is 0.829. The summed E-state index contributed by atoms with van der Waals surface area (Å²) in [6, 6.07) is 8.06. The van der Waals surface area contributed by atoms with E-state index in [0.717, 1.165) is 50.3 Å². The number of rotatable bonds is 7. The van der Waals surface area contributed by atoms with Gasteiger partial charge in [0, 0.05) is 32.3 Å². The van der Waals surface area contributed by atoms with Crippen molar-refractivity contribution in [3.05, 3.63) is 24.3 Å². The summed E-state index contributed by atoms with van der Waals surface area (Å²) in [7, 11) is 1.81. The van der Waals surface area contributed by atoms with Crippen LogP contribution in [0.5, 0.6) is 11.5 Å². The van der Waals surface area contributed by atoms with Crippen LogP contribution in [0.3, 0.4) is 0 Å². The van der Waals surface area contributed by atoms with Gasteiger partial charge in [0.2, 0.25) is 0 Å². The zero-order valence-electron chi connectivity index (χ0n) is 14.7. The molecule has 3 atom stereocenters. The Labute approximate surface area is 144 Å². The molecule has 1 aliphatic heterocycles. The number of ether oxygens (including phenoxy) is 3. The topological polar surface area (TPSA) is 51.2 Å². The minimum atomic E-state index is -0.206. The van der Waals surface area contributed by atoms with Crippen LogP contribution in [0.25, 0.3) is 0 Å². The van der Waals surface area contributed by atoms with Crippen molar-refractivity contribution in [3.8, 4) is 11.5 Å². The van der Waals surface area contributed by atoms with Gasteiger partial charge in [-0.25, -0.2) is 0 Å². The summed E-state index contributed by atoms with van der Waals surface area (Å²) in [5.74, 6) is 1.67. The molecule has 1 aliphatic carbocycles. The molecular weight excluding hydrogens is 306 g/mol. The number of benzene rings is 1. The summed E-state index contributed by atoms with van der Waals surface area (Å²) in [4.78, 5) is 2.41. The van der Waals surface area contributed by atoms with Gasteiger partial charge < -0.3 is 19.3 Å². The number of aliphatic hydroxyl groups is 1. The largest absolute Gasteiger partial charge is 0.494 e. The van der Waals surface area contributed by atoms with Crippen LogP contribution in [0, 0.1) is 0 Å². The molecule has 0 spiro atoms. The van der Waals surface area contributed by atoms with Crippen LogP contribution >= 0.6 is 0 Å². The predicted octanol–water partition coefficient (Wildman–Crippen LogP) is 2.47. The van der Waals surface area contributed by atoms with Crippen molar-refractivity contribution >= 4 is 0 Å². The number of hydrogen-bond acceptors (Lipinski definition) is 5. The summed E-state index contributed by atoms with van der Waals surface area (Å²) in [5.41, 5.74) is -0.0753. The summed E-state index contributed by atoms with van der Waals surface area (Å²) in [5, 5.41) is 10.0. The fraction of sp³-hybridized carbons (Fsp3) is 0.684. The monoisotopic (exact) mass is 335 g/mol. The third-order valence-electron chi connectivity index (χ3n) is 5.44. The molecule has 24 heavy (non-hydrogen) atoms. The van der Waals surface area contributed by atoms with E-state index in [1.165, 1.54) is 0 Å². The van der Waals surface area contributed by atoms with Crippen molar-refractivity contribution in [2.45, 2.75) is 50.4 Å². The lowest BCUT2D eigenvalue weighted by Crippen LogP contribution is -2.52. The van der Waals surface area contributed by atoms with Gasteiger partial charge in [-0.1, -0.05) is 6.07 Å². The van der Waals surface area contributed by atoms with Crippen molar-refractivity contribution in [3.63, 3.8) is 0 Å². The number of fused-ring (bicyclic) bond motifs is 1. The minimum Gasteiger partial charge on any atom is -0.494 e. The van der Waals surface area contributed by atoms with Crippen LogP contribution < -0.4 is 9.47 Å². The highest BCUT2D eigenvalue weighted by Gasteiger charge is 2.50. The first-order chi connectivity index (χ1) is 11.7. The second kappa shape index (κ2) is 7.72. The molecule has 2 fully saturated rings. The van der Waals surface area contributed by atoms with Crippen molar-refractivity contribution in [2.24, 2.45) is 0 Å². The van der Waals surface area contributed by atoms with E-state index in [9.17, 15) is 5.11 Å². The minimum absolute atomic E-state index is 0.0753. The number of methoxy groups -OCH3 is 1. The van der Waals surface area contributed by atoms with Crippen LogP contribution in [0.1, 0.15) is 32.6 Å². The Balaban J connectivity index is 1.54. The lowest BCUT2D eigenvalue weighted by molar-refractivity contribution is -0.0876. The van der Waals surface area contributed by atoms with E-state index < -0.39 is 0 Å². The Morgan fingerprint density at radius 2 is 2.04 bits per heavy atom. The Hall–Kier alpha value is -1.30. The van der Waals surface area contributed by atoms with E-state index in [1.54, 1.807) is 0 Å². The smallest absolute Gasteiger partial charge is 0.123 e. The first-order valence-electron chi connectivity index (χ1n) is 9.00. The van der Waals surface area contributed by atoms with Crippen molar-refractivity contribution in [2.75, 3.05) is 33.4 Å². The fourth-order valence-electron chi connectivity index (χ4n) is 4.14. The molecule has 0 radical (unpaired) electrons. The molecule has 1 aromatic carbocycles. The fourth-order valence-corrected chi connectivity index (χ4v) is 4.14. The lowest BCUT2D eigenvalue weighted by Gasteiger charge is -2.42. The highest BCUT2D eigenvalue weighted by Crippen LogP contribution is 2.42. The van der Waals surface area contributed by atoms with Gasteiger partial charge in [-0.15, -0.1) is 0 Å². The molecule has 0 amide bonds. The highest BCUT2D eigenvalue weighted by atomic mass is 16.5. The SMILES string of the molecule is CCOc1cccc(OCCN2CC[C@]3(OC)CC[C@H](O)C[C@H]23)c1. The summed E-state index contributed by atoms with van der Waals surface area (Å²) in [6.07, 6.45) is 3.43. The zero-order chi connectivity index (χ0) is 17.0. The number of nitrogens with zero attached hydrogens (tertiary/aromatic N) is 1. The van der Waals surface area contributed by atoms with Crippen molar-refractivity contribution in [1.29, 1.82) is 0 Å². The molecule has 1 N–H and O–H groups in total. The van der Waals surface area contributed by atoms with Gasteiger partial charge in [0.1, 0.15) is 18.1 Å². The van der Waals surface area contributed by atoms with Gasteiger partial charge in [-0.2, -0.15) is 0 Å². The van der Waals surface area contributed by atoms with Gasteiger partial charge in [0.05, 0.1) is 18.3 Å². The molecule has 134 valence electrons. The van der Waals surface area contributed by atoms with Gasteiger partial charge >= 0.3 is 0 Å². The lowest BCUT2D eigenvalue weighted by atomic mass is 9.79. The second-order valence-corrected chi connectivity index (χ2v) is 6.76. The first kappa shape index (κ1) is 17.5. The van der Waals surface area contributed by atoms with E-state index >= 15 is 0 Å². The molecule has 1 saturated carbocycles. The summed E-state index contributed by atoms with van der Waals surface area (Å²) in [6.45, 7) is 5.11. The number of likely N-dealkylation sites (tertiary alicyclic amines) is 1. The Kier molecular flexibility index (Phi) is 5.64. The third-order valence-corrected chi connectivity index (χ3v) is 5.44. The molecule has 3 rings (SSSR count). The molecular formula is C19H29NO4. The van der Waals surface area contributed by atoms with Gasteiger partial charge in [0.25, 0.3) is 0 Å². The van der Waals surface area contributed by atoms with Crippen molar-refractivity contribution in [1.82, 2.24) is 4.90 Å². The van der Waals surface area contributed by atoms with E-state index in [-0.39, 0.29) is 11.7 Å². The first-order valence-corrected chi connectivity index (χ1v) is 9.00.